The SMILES string of the molecule is COc1cc2ccccc2cc1C(=O)N1CCC(Oc2nc3c(C)ccc(C)c3s2)CC1. The second-order valence-corrected chi connectivity index (χ2v) is 9.33. The van der Waals surface area contributed by atoms with E-state index in [0.717, 1.165) is 34.3 Å². The lowest BCUT2D eigenvalue weighted by atomic mass is 10.0. The number of rotatable bonds is 4. The van der Waals surface area contributed by atoms with E-state index in [-0.39, 0.29) is 12.0 Å². The third-order valence-electron chi connectivity index (χ3n) is 6.22. The second-order valence-electron chi connectivity index (χ2n) is 8.37. The summed E-state index contributed by atoms with van der Waals surface area (Å²) in [6.45, 7) is 5.50. The molecule has 1 fully saturated rings. The summed E-state index contributed by atoms with van der Waals surface area (Å²) in [6, 6.07) is 16.1. The number of aromatic nitrogens is 1. The molecule has 1 aliphatic rings. The van der Waals surface area contributed by atoms with Crippen LogP contribution in [0.5, 0.6) is 10.9 Å². The van der Waals surface area contributed by atoms with Gasteiger partial charge in [-0.15, -0.1) is 0 Å². The highest BCUT2D eigenvalue weighted by atomic mass is 32.1. The van der Waals surface area contributed by atoms with E-state index in [1.807, 2.05) is 41.3 Å². The number of hydrogen-bond donors (Lipinski definition) is 0. The standard InChI is InChI=1S/C26H26N2O3S/c1-16-8-9-17(2)24-23(16)27-26(32-24)31-20-10-12-28(13-11-20)25(29)21-14-18-6-4-5-7-19(18)15-22(21)30-3/h4-9,14-15,20H,10-13H2,1-3H3. The zero-order valence-electron chi connectivity index (χ0n) is 18.6. The van der Waals surface area contributed by atoms with Gasteiger partial charge >= 0.3 is 0 Å². The fourth-order valence-electron chi connectivity index (χ4n) is 4.34. The van der Waals surface area contributed by atoms with Crippen molar-refractivity contribution in [3.05, 3.63) is 65.2 Å². The number of carbonyl (C=O) groups is 1. The lowest BCUT2D eigenvalue weighted by Crippen LogP contribution is -2.41. The summed E-state index contributed by atoms with van der Waals surface area (Å²) in [5, 5.41) is 2.82. The van der Waals surface area contributed by atoms with Crippen molar-refractivity contribution in [2.24, 2.45) is 0 Å². The third-order valence-corrected chi connectivity index (χ3v) is 7.30. The van der Waals surface area contributed by atoms with E-state index < -0.39 is 0 Å². The molecule has 164 valence electrons. The molecule has 32 heavy (non-hydrogen) atoms. The number of aryl methyl sites for hydroxylation is 2. The number of piperidine rings is 1. The summed E-state index contributed by atoms with van der Waals surface area (Å²) in [5.74, 6) is 0.629. The van der Waals surface area contributed by atoms with Gasteiger partial charge in [-0.05, 0) is 47.9 Å². The molecule has 3 aromatic carbocycles. The summed E-state index contributed by atoms with van der Waals surface area (Å²) >= 11 is 1.61. The minimum Gasteiger partial charge on any atom is -0.496 e. The highest BCUT2D eigenvalue weighted by Gasteiger charge is 2.27. The van der Waals surface area contributed by atoms with Gasteiger partial charge in [0.25, 0.3) is 11.1 Å². The van der Waals surface area contributed by atoms with E-state index >= 15 is 0 Å². The molecule has 4 aromatic rings. The maximum Gasteiger partial charge on any atom is 0.274 e. The van der Waals surface area contributed by atoms with Gasteiger partial charge in [0.15, 0.2) is 0 Å². The predicted molar refractivity (Wildman–Crippen MR) is 129 cm³/mol. The number of ether oxygens (including phenoxy) is 2. The van der Waals surface area contributed by atoms with Crippen LogP contribution >= 0.6 is 11.3 Å². The van der Waals surface area contributed by atoms with Gasteiger partial charge in [0.05, 0.1) is 22.9 Å². The van der Waals surface area contributed by atoms with E-state index in [2.05, 4.69) is 26.0 Å². The molecule has 1 aromatic heterocycles. The van der Waals surface area contributed by atoms with Crippen molar-refractivity contribution in [3.8, 4) is 10.9 Å². The molecule has 1 amide bonds. The summed E-state index contributed by atoms with van der Waals surface area (Å²) in [4.78, 5) is 19.9. The van der Waals surface area contributed by atoms with Gasteiger partial charge < -0.3 is 14.4 Å². The first-order valence-corrected chi connectivity index (χ1v) is 11.7. The summed E-state index contributed by atoms with van der Waals surface area (Å²) in [7, 11) is 1.61. The van der Waals surface area contributed by atoms with Crippen molar-refractivity contribution in [1.82, 2.24) is 9.88 Å². The zero-order valence-corrected chi connectivity index (χ0v) is 19.4. The highest BCUT2D eigenvalue weighted by Crippen LogP contribution is 2.34. The molecule has 0 aliphatic carbocycles. The van der Waals surface area contributed by atoms with Gasteiger partial charge in [0, 0.05) is 25.9 Å². The van der Waals surface area contributed by atoms with Crippen molar-refractivity contribution in [2.45, 2.75) is 32.8 Å². The van der Waals surface area contributed by atoms with Crippen molar-refractivity contribution in [2.75, 3.05) is 20.2 Å². The number of likely N-dealkylation sites (tertiary alicyclic amines) is 1. The van der Waals surface area contributed by atoms with Gasteiger partial charge in [-0.1, -0.05) is 47.7 Å². The molecular weight excluding hydrogens is 420 g/mol. The molecule has 0 atom stereocenters. The number of methoxy groups -OCH3 is 1. The molecule has 0 spiro atoms. The van der Waals surface area contributed by atoms with Crippen LogP contribution in [0.3, 0.4) is 0 Å². The Labute approximate surface area is 191 Å². The molecule has 1 saturated heterocycles. The number of thiazole rings is 1. The Morgan fingerprint density at radius 1 is 1.03 bits per heavy atom. The van der Waals surface area contributed by atoms with Crippen molar-refractivity contribution < 1.29 is 14.3 Å². The Balaban J connectivity index is 1.29. The maximum absolute atomic E-state index is 13.3. The second kappa shape index (κ2) is 8.43. The quantitative estimate of drug-likeness (QED) is 0.400. The van der Waals surface area contributed by atoms with Gasteiger partial charge in [-0.25, -0.2) is 4.98 Å². The largest absolute Gasteiger partial charge is 0.496 e. The molecule has 0 bridgehead atoms. The number of nitrogens with zero attached hydrogens (tertiary/aromatic N) is 2. The van der Waals surface area contributed by atoms with Gasteiger partial charge in [-0.3, -0.25) is 4.79 Å². The first-order valence-electron chi connectivity index (χ1n) is 10.9. The molecule has 5 rings (SSSR count). The smallest absolute Gasteiger partial charge is 0.274 e. The minimum atomic E-state index is 0.0114. The lowest BCUT2D eigenvalue weighted by molar-refractivity contribution is 0.0593. The molecule has 6 heteroatoms. The number of hydrogen-bond acceptors (Lipinski definition) is 5. The average molecular weight is 447 g/mol. The Kier molecular flexibility index (Phi) is 5.47. The Bertz CT molecular complexity index is 1270. The molecule has 0 N–H and O–H groups in total. The van der Waals surface area contributed by atoms with E-state index in [4.69, 9.17) is 14.5 Å². The van der Waals surface area contributed by atoms with Crippen LogP contribution in [-0.4, -0.2) is 42.1 Å². The Morgan fingerprint density at radius 3 is 2.41 bits per heavy atom. The summed E-state index contributed by atoms with van der Waals surface area (Å²) < 4.78 is 13.0. The number of fused-ring (bicyclic) bond motifs is 2. The third kappa shape index (κ3) is 3.79. The van der Waals surface area contributed by atoms with Crippen LogP contribution in [0.2, 0.25) is 0 Å². The molecule has 0 saturated carbocycles. The fraction of sp³-hybridized carbons (Fsp3) is 0.308. The van der Waals surface area contributed by atoms with Gasteiger partial charge in [-0.2, -0.15) is 0 Å². The minimum absolute atomic E-state index is 0.0114. The molecule has 5 nitrogen and oxygen atoms in total. The van der Waals surface area contributed by atoms with E-state index in [9.17, 15) is 4.79 Å². The topological polar surface area (TPSA) is 51.7 Å². The molecule has 1 aliphatic heterocycles. The summed E-state index contributed by atoms with van der Waals surface area (Å²) in [6.07, 6.45) is 1.64. The zero-order chi connectivity index (χ0) is 22.2. The molecule has 0 radical (unpaired) electrons. The first kappa shape index (κ1) is 20.8. The normalized spacial score (nSPS) is 14.8. The van der Waals surface area contributed by atoms with E-state index in [0.29, 0.717) is 24.4 Å². The van der Waals surface area contributed by atoms with Crippen LogP contribution < -0.4 is 9.47 Å². The van der Waals surface area contributed by atoms with Crippen molar-refractivity contribution in [1.29, 1.82) is 0 Å². The van der Waals surface area contributed by atoms with Crippen molar-refractivity contribution >= 4 is 38.2 Å². The molecule has 0 unspecified atom stereocenters. The predicted octanol–water partition coefficient (Wildman–Crippen LogP) is 5.76. The Hall–Kier alpha value is -3.12. The van der Waals surface area contributed by atoms with E-state index in [1.54, 1.807) is 18.4 Å². The van der Waals surface area contributed by atoms with Crippen LogP contribution in [-0.2, 0) is 0 Å². The van der Waals surface area contributed by atoms with Crippen LogP contribution in [0, 0.1) is 13.8 Å². The van der Waals surface area contributed by atoms with Crippen LogP contribution in [0.15, 0.2) is 48.5 Å². The van der Waals surface area contributed by atoms with Gasteiger partial charge in [0.2, 0.25) is 0 Å². The lowest BCUT2D eigenvalue weighted by Gasteiger charge is -2.32. The summed E-state index contributed by atoms with van der Waals surface area (Å²) in [5.41, 5.74) is 4.04. The van der Waals surface area contributed by atoms with Gasteiger partial charge in [0.1, 0.15) is 11.9 Å². The fourth-order valence-corrected chi connectivity index (χ4v) is 5.36. The monoisotopic (exact) mass is 446 g/mol. The number of benzene rings is 3. The first-order chi connectivity index (χ1) is 15.5. The van der Waals surface area contributed by atoms with Crippen LogP contribution in [0.4, 0.5) is 0 Å². The molecular formula is C26H26N2O3S. The number of amides is 1. The number of carbonyl (C=O) groups excluding carboxylic acids is 1. The van der Waals surface area contributed by atoms with Crippen LogP contribution in [0.25, 0.3) is 21.0 Å². The molecule has 2 heterocycles. The van der Waals surface area contributed by atoms with E-state index in [1.165, 1.54) is 15.8 Å². The highest BCUT2D eigenvalue weighted by molar-refractivity contribution is 7.20. The van der Waals surface area contributed by atoms with Crippen molar-refractivity contribution in [3.63, 3.8) is 0 Å². The van der Waals surface area contributed by atoms with Crippen LogP contribution in [0.1, 0.15) is 34.3 Å². The Morgan fingerprint density at radius 2 is 1.72 bits per heavy atom. The maximum atomic E-state index is 13.3. The average Bonchev–Trinajstić information content (AvgIpc) is 3.26.